The third-order valence-corrected chi connectivity index (χ3v) is 3.07. The first kappa shape index (κ1) is 15.9. The first-order valence-corrected chi connectivity index (χ1v) is 7.07. The quantitative estimate of drug-likeness (QED) is 0.514. The van der Waals surface area contributed by atoms with Crippen LogP contribution in [0.2, 0.25) is 0 Å². The molecule has 0 atom stereocenters. The summed E-state index contributed by atoms with van der Waals surface area (Å²) in [5.74, 6) is 0.776. The Kier molecular flexibility index (Phi) is 4.49. The zero-order valence-corrected chi connectivity index (χ0v) is 12.7. The van der Waals surface area contributed by atoms with Crippen LogP contribution >= 0.6 is 0 Å². The van der Waals surface area contributed by atoms with Crippen molar-refractivity contribution < 1.29 is 14.4 Å². The molecule has 0 N–H and O–H groups in total. The van der Waals surface area contributed by atoms with Gasteiger partial charge < -0.3 is 9.47 Å². The van der Waals surface area contributed by atoms with E-state index in [-0.39, 0.29) is 23.0 Å². The normalized spacial score (nSPS) is 9.88. The topological polar surface area (TPSA) is 111 Å². The van der Waals surface area contributed by atoms with E-state index < -0.39 is 4.92 Å². The molecule has 122 valence electrons. The second-order valence-corrected chi connectivity index (χ2v) is 4.76. The van der Waals surface area contributed by atoms with Crippen LogP contribution in [0.1, 0.15) is 5.56 Å². The van der Waals surface area contributed by atoms with Gasteiger partial charge in [-0.15, -0.1) is 0 Å². The number of hydrogen-bond donors (Lipinski definition) is 0. The summed E-state index contributed by atoms with van der Waals surface area (Å²) in [5, 5.41) is 20.0. The van der Waals surface area contributed by atoms with Gasteiger partial charge in [-0.05, 0) is 30.3 Å². The number of ether oxygens (including phenoxy) is 2. The van der Waals surface area contributed by atoms with Crippen LogP contribution in [0, 0.1) is 21.4 Å². The minimum absolute atomic E-state index is 0.0251. The smallest absolute Gasteiger partial charge is 0.321 e. The summed E-state index contributed by atoms with van der Waals surface area (Å²) in [6.45, 7) is 0. The van der Waals surface area contributed by atoms with Crippen molar-refractivity contribution in [1.29, 1.82) is 5.26 Å². The third kappa shape index (κ3) is 3.86. The minimum Gasteiger partial charge on any atom is -0.450 e. The highest BCUT2D eigenvalue weighted by atomic mass is 16.6. The molecule has 3 rings (SSSR count). The van der Waals surface area contributed by atoms with Crippen LogP contribution in [-0.4, -0.2) is 14.9 Å². The maximum absolute atomic E-state index is 11.2. The van der Waals surface area contributed by atoms with Gasteiger partial charge in [0.1, 0.15) is 11.5 Å². The fourth-order valence-corrected chi connectivity index (χ4v) is 1.99. The maximum Gasteiger partial charge on any atom is 0.321 e. The molecule has 0 unspecified atom stereocenters. The van der Waals surface area contributed by atoms with E-state index in [9.17, 15) is 10.1 Å². The van der Waals surface area contributed by atoms with E-state index in [1.54, 1.807) is 42.7 Å². The van der Waals surface area contributed by atoms with E-state index in [1.807, 2.05) is 6.07 Å². The van der Waals surface area contributed by atoms with Crippen molar-refractivity contribution in [3.63, 3.8) is 0 Å². The highest BCUT2D eigenvalue weighted by Crippen LogP contribution is 2.33. The molecule has 0 saturated carbocycles. The van der Waals surface area contributed by atoms with E-state index >= 15 is 0 Å². The number of nitro benzene ring substituents is 1. The lowest BCUT2D eigenvalue weighted by Crippen LogP contribution is -1.95. The number of rotatable bonds is 5. The van der Waals surface area contributed by atoms with Crippen molar-refractivity contribution >= 4 is 5.69 Å². The molecule has 0 aliphatic rings. The molecule has 1 aromatic heterocycles. The molecule has 0 radical (unpaired) electrons. The summed E-state index contributed by atoms with van der Waals surface area (Å²) in [6, 6.07) is 14.2. The first-order valence-electron chi connectivity index (χ1n) is 7.07. The average Bonchev–Trinajstić information content (AvgIpc) is 2.63. The second-order valence-electron chi connectivity index (χ2n) is 4.76. The van der Waals surface area contributed by atoms with Crippen molar-refractivity contribution in [3.8, 4) is 29.3 Å². The number of nitriles is 1. The fraction of sp³-hybridized carbons (Fsp3) is 0. The number of benzene rings is 2. The van der Waals surface area contributed by atoms with Gasteiger partial charge in [0.15, 0.2) is 0 Å². The monoisotopic (exact) mass is 334 g/mol. The molecule has 0 aliphatic carbocycles. The van der Waals surface area contributed by atoms with Gasteiger partial charge in [0, 0.05) is 24.5 Å². The lowest BCUT2D eigenvalue weighted by Gasteiger charge is -2.08. The molecule has 25 heavy (non-hydrogen) atoms. The van der Waals surface area contributed by atoms with Crippen LogP contribution in [0.15, 0.2) is 60.9 Å². The molecule has 0 amide bonds. The van der Waals surface area contributed by atoms with Crippen molar-refractivity contribution in [2.24, 2.45) is 0 Å². The number of nitrogens with zero attached hydrogens (tertiary/aromatic N) is 4. The summed E-state index contributed by atoms with van der Waals surface area (Å²) in [6.07, 6.45) is 3.09. The number of aromatic nitrogens is 2. The Hall–Kier alpha value is -3.99. The molecular weight excluding hydrogens is 324 g/mol. The van der Waals surface area contributed by atoms with Crippen molar-refractivity contribution in [2.75, 3.05) is 0 Å². The van der Waals surface area contributed by atoms with Gasteiger partial charge in [-0.3, -0.25) is 10.1 Å². The Morgan fingerprint density at radius 1 is 1.00 bits per heavy atom. The standard InChI is InChI=1S/C17H10N4O4/c18-11-12-5-6-16(15(9-12)21(22)23)24-13-3-1-4-14(10-13)25-17-19-7-2-8-20-17/h1-10H. The van der Waals surface area contributed by atoms with Crippen LogP contribution in [0.5, 0.6) is 23.3 Å². The largest absolute Gasteiger partial charge is 0.450 e. The van der Waals surface area contributed by atoms with E-state index in [0.29, 0.717) is 11.5 Å². The molecule has 1 heterocycles. The van der Waals surface area contributed by atoms with Crippen LogP contribution in [0.4, 0.5) is 5.69 Å². The Balaban J connectivity index is 1.85. The summed E-state index contributed by atoms with van der Waals surface area (Å²) >= 11 is 0. The van der Waals surface area contributed by atoms with Gasteiger partial charge in [0.2, 0.25) is 5.75 Å². The first-order chi connectivity index (χ1) is 12.2. The van der Waals surface area contributed by atoms with Gasteiger partial charge in [-0.2, -0.15) is 5.26 Å². The second kappa shape index (κ2) is 7.06. The van der Waals surface area contributed by atoms with Gasteiger partial charge >= 0.3 is 11.7 Å². The summed E-state index contributed by atoms with van der Waals surface area (Å²) < 4.78 is 11.1. The fourth-order valence-electron chi connectivity index (χ4n) is 1.99. The molecular formula is C17H10N4O4. The van der Waals surface area contributed by atoms with E-state index in [1.165, 1.54) is 12.1 Å². The molecule has 0 bridgehead atoms. The van der Waals surface area contributed by atoms with Crippen LogP contribution in [-0.2, 0) is 0 Å². The Labute approximate surface area is 142 Å². The molecule has 0 aliphatic heterocycles. The lowest BCUT2D eigenvalue weighted by molar-refractivity contribution is -0.385. The van der Waals surface area contributed by atoms with Gasteiger partial charge in [0.05, 0.1) is 16.6 Å². The lowest BCUT2D eigenvalue weighted by atomic mass is 10.2. The van der Waals surface area contributed by atoms with Crippen LogP contribution in [0.25, 0.3) is 0 Å². The summed E-state index contributed by atoms with van der Waals surface area (Å²) in [7, 11) is 0. The highest BCUT2D eigenvalue weighted by molar-refractivity contribution is 5.53. The third-order valence-electron chi connectivity index (χ3n) is 3.07. The van der Waals surface area contributed by atoms with Crippen LogP contribution < -0.4 is 9.47 Å². The summed E-state index contributed by atoms with van der Waals surface area (Å²) in [5.41, 5.74) is -0.117. The molecule has 0 spiro atoms. The van der Waals surface area contributed by atoms with Crippen LogP contribution in [0.3, 0.4) is 0 Å². The van der Waals surface area contributed by atoms with Gasteiger partial charge in [-0.1, -0.05) is 6.07 Å². The predicted octanol–water partition coefficient (Wildman–Crippen LogP) is 3.84. The molecule has 0 fully saturated rings. The molecule has 3 aromatic rings. The van der Waals surface area contributed by atoms with E-state index in [0.717, 1.165) is 6.07 Å². The molecule has 2 aromatic carbocycles. The highest BCUT2D eigenvalue weighted by Gasteiger charge is 2.17. The predicted molar refractivity (Wildman–Crippen MR) is 86.4 cm³/mol. The Bertz CT molecular complexity index is 954. The SMILES string of the molecule is N#Cc1ccc(Oc2cccc(Oc3ncccn3)c2)c([N+](=O)[O-])c1. The van der Waals surface area contributed by atoms with E-state index in [2.05, 4.69) is 9.97 Å². The zero-order chi connectivity index (χ0) is 17.6. The molecule has 0 saturated heterocycles. The van der Waals surface area contributed by atoms with Crippen molar-refractivity contribution in [3.05, 3.63) is 76.6 Å². The van der Waals surface area contributed by atoms with Gasteiger partial charge in [0.25, 0.3) is 0 Å². The number of nitro groups is 1. The average molecular weight is 334 g/mol. The minimum atomic E-state index is -0.603. The maximum atomic E-state index is 11.2. The zero-order valence-electron chi connectivity index (χ0n) is 12.7. The molecule has 8 nitrogen and oxygen atoms in total. The van der Waals surface area contributed by atoms with E-state index in [4.69, 9.17) is 14.7 Å². The van der Waals surface area contributed by atoms with Crippen molar-refractivity contribution in [1.82, 2.24) is 9.97 Å². The summed E-state index contributed by atoms with van der Waals surface area (Å²) in [4.78, 5) is 18.5. The Morgan fingerprint density at radius 3 is 2.40 bits per heavy atom. The van der Waals surface area contributed by atoms with Crippen molar-refractivity contribution in [2.45, 2.75) is 0 Å². The number of hydrogen-bond acceptors (Lipinski definition) is 7. The van der Waals surface area contributed by atoms with Gasteiger partial charge in [-0.25, -0.2) is 9.97 Å². The molecule has 8 heteroatoms. The Morgan fingerprint density at radius 2 is 1.72 bits per heavy atom.